The first-order chi connectivity index (χ1) is 14.3. The van der Waals surface area contributed by atoms with E-state index in [-0.39, 0.29) is 29.2 Å². The lowest BCUT2D eigenvalue weighted by atomic mass is 9.49. The number of carbonyl (C=O) groups excluding carboxylic acids is 1. The van der Waals surface area contributed by atoms with E-state index in [1.807, 2.05) is 0 Å². The summed E-state index contributed by atoms with van der Waals surface area (Å²) in [6, 6.07) is 4.41. The second kappa shape index (κ2) is 8.38. The molecule has 0 spiro atoms. The molecule has 4 aliphatic carbocycles. The standard InChI is InChI=1S/C22H32N2O5S/c1-28-19-4-3-18(10-20(19)29-2)30(26,27)24-6-5-21(25)23-14-22-11-15-7-16(12-22)9-17(8-15)13-22/h3-4,10,15-17,24H,5-9,11-14H2,1-2H3,(H,23,25). The van der Waals surface area contributed by atoms with Crippen molar-refractivity contribution >= 4 is 15.9 Å². The molecular formula is C22H32N2O5S. The molecule has 30 heavy (non-hydrogen) atoms. The average molecular weight is 437 g/mol. The molecule has 1 amide bonds. The van der Waals surface area contributed by atoms with Crippen LogP contribution in [0.5, 0.6) is 11.5 Å². The summed E-state index contributed by atoms with van der Waals surface area (Å²) in [7, 11) is -0.784. The van der Waals surface area contributed by atoms with Crippen molar-refractivity contribution in [3.8, 4) is 11.5 Å². The molecule has 0 aromatic heterocycles. The first-order valence-corrected chi connectivity index (χ1v) is 12.3. The van der Waals surface area contributed by atoms with Gasteiger partial charge in [-0.2, -0.15) is 0 Å². The van der Waals surface area contributed by atoms with Gasteiger partial charge < -0.3 is 14.8 Å². The van der Waals surface area contributed by atoms with Gasteiger partial charge >= 0.3 is 0 Å². The lowest BCUT2D eigenvalue weighted by Crippen LogP contribution is -2.51. The van der Waals surface area contributed by atoms with Crippen molar-refractivity contribution in [2.24, 2.45) is 23.2 Å². The lowest BCUT2D eigenvalue weighted by molar-refractivity contribution is -0.123. The zero-order valence-corrected chi connectivity index (χ0v) is 18.6. The Bertz CT molecular complexity index is 864. The van der Waals surface area contributed by atoms with Crippen molar-refractivity contribution in [3.63, 3.8) is 0 Å². The Morgan fingerprint density at radius 2 is 1.63 bits per heavy atom. The predicted octanol–water partition coefficient (Wildman–Crippen LogP) is 2.70. The minimum atomic E-state index is -3.73. The number of amides is 1. The van der Waals surface area contributed by atoms with E-state index in [1.165, 1.54) is 64.9 Å². The maximum absolute atomic E-state index is 12.5. The third-order valence-corrected chi connectivity index (χ3v) is 8.59. The summed E-state index contributed by atoms with van der Waals surface area (Å²) in [4.78, 5) is 12.4. The fourth-order valence-electron chi connectivity index (χ4n) is 6.25. The molecule has 4 saturated carbocycles. The number of rotatable bonds is 9. The minimum absolute atomic E-state index is 0.0589. The Labute approximate surface area is 179 Å². The number of hydrogen-bond donors (Lipinski definition) is 2. The van der Waals surface area contributed by atoms with Gasteiger partial charge in [0.2, 0.25) is 15.9 Å². The molecule has 0 unspecified atom stereocenters. The van der Waals surface area contributed by atoms with Gasteiger partial charge in [0.05, 0.1) is 19.1 Å². The van der Waals surface area contributed by atoms with E-state index in [0.717, 1.165) is 24.3 Å². The zero-order valence-electron chi connectivity index (χ0n) is 17.8. The molecule has 0 heterocycles. The van der Waals surface area contributed by atoms with Crippen LogP contribution in [0.25, 0.3) is 0 Å². The minimum Gasteiger partial charge on any atom is -0.493 e. The van der Waals surface area contributed by atoms with E-state index in [2.05, 4.69) is 10.0 Å². The SMILES string of the molecule is COc1ccc(S(=O)(=O)NCCC(=O)NCC23CC4CC(CC(C4)C2)C3)cc1OC. The quantitative estimate of drug-likeness (QED) is 0.621. The third kappa shape index (κ3) is 4.44. The molecule has 0 radical (unpaired) electrons. The predicted molar refractivity (Wildman–Crippen MR) is 113 cm³/mol. The highest BCUT2D eigenvalue weighted by Gasteiger charge is 2.50. The highest BCUT2D eigenvalue weighted by molar-refractivity contribution is 7.89. The second-order valence-electron chi connectivity index (χ2n) is 9.36. The highest BCUT2D eigenvalue weighted by Crippen LogP contribution is 2.59. The molecule has 4 bridgehead atoms. The van der Waals surface area contributed by atoms with Crippen molar-refractivity contribution in [2.75, 3.05) is 27.3 Å². The summed E-state index contributed by atoms with van der Waals surface area (Å²) in [5.74, 6) is 3.25. The van der Waals surface area contributed by atoms with Crippen LogP contribution in [0.15, 0.2) is 23.1 Å². The van der Waals surface area contributed by atoms with E-state index in [0.29, 0.717) is 11.5 Å². The Morgan fingerprint density at radius 1 is 1.03 bits per heavy atom. The van der Waals surface area contributed by atoms with Crippen molar-refractivity contribution in [2.45, 2.75) is 49.8 Å². The van der Waals surface area contributed by atoms with Gasteiger partial charge in [-0.25, -0.2) is 13.1 Å². The number of carbonyl (C=O) groups is 1. The van der Waals surface area contributed by atoms with Gasteiger partial charge in [0.1, 0.15) is 0 Å². The fourth-order valence-corrected chi connectivity index (χ4v) is 7.29. The van der Waals surface area contributed by atoms with Crippen molar-refractivity contribution in [1.82, 2.24) is 10.0 Å². The third-order valence-electron chi connectivity index (χ3n) is 7.14. The number of benzene rings is 1. The molecule has 0 atom stereocenters. The molecule has 2 N–H and O–H groups in total. The Kier molecular flexibility index (Phi) is 5.99. The number of nitrogens with one attached hydrogen (secondary N) is 2. The lowest BCUT2D eigenvalue weighted by Gasteiger charge is -2.56. The first kappa shape index (κ1) is 21.4. The number of methoxy groups -OCH3 is 2. The summed E-state index contributed by atoms with van der Waals surface area (Å²) in [5, 5.41) is 3.09. The summed E-state index contributed by atoms with van der Waals surface area (Å²) in [6.45, 7) is 0.793. The largest absolute Gasteiger partial charge is 0.493 e. The summed E-state index contributed by atoms with van der Waals surface area (Å²) in [5.41, 5.74) is 0.281. The van der Waals surface area contributed by atoms with Crippen LogP contribution in [0.4, 0.5) is 0 Å². The molecule has 0 aliphatic heterocycles. The van der Waals surface area contributed by atoms with Crippen LogP contribution in [0.2, 0.25) is 0 Å². The maximum atomic E-state index is 12.5. The number of hydrogen-bond acceptors (Lipinski definition) is 5. The van der Waals surface area contributed by atoms with E-state index in [1.54, 1.807) is 6.07 Å². The highest BCUT2D eigenvalue weighted by atomic mass is 32.2. The molecule has 0 saturated heterocycles. The molecular weight excluding hydrogens is 404 g/mol. The van der Waals surface area contributed by atoms with Crippen LogP contribution in [0.1, 0.15) is 44.9 Å². The van der Waals surface area contributed by atoms with Gasteiger partial charge in [-0.1, -0.05) is 0 Å². The van der Waals surface area contributed by atoms with Gasteiger partial charge in [-0.15, -0.1) is 0 Å². The van der Waals surface area contributed by atoms with Gasteiger partial charge in [-0.3, -0.25) is 4.79 Å². The maximum Gasteiger partial charge on any atom is 0.240 e. The molecule has 166 valence electrons. The Morgan fingerprint density at radius 3 is 2.20 bits per heavy atom. The molecule has 4 fully saturated rings. The van der Waals surface area contributed by atoms with Crippen molar-refractivity contribution in [3.05, 3.63) is 18.2 Å². The fraction of sp³-hybridized carbons (Fsp3) is 0.682. The van der Waals surface area contributed by atoms with Crippen LogP contribution < -0.4 is 19.5 Å². The van der Waals surface area contributed by atoms with Crippen molar-refractivity contribution < 1.29 is 22.7 Å². The van der Waals surface area contributed by atoms with E-state index in [4.69, 9.17) is 9.47 Å². The van der Waals surface area contributed by atoms with Crippen LogP contribution in [0.3, 0.4) is 0 Å². The van der Waals surface area contributed by atoms with Gasteiger partial charge in [0, 0.05) is 25.6 Å². The van der Waals surface area contributed by atoms with E-state index < -0.39 is 10.0 Å². The van der Waals surface area contributed by atoms with Crippen LogP contribution in [0, 0.1) is 23.2 Å². The number of ether oxygens (including phenoxy) is 2. The summed E-state index contributed by atoms with van der Waals surface area (Å²) < 4.78 is 37.9. The molecule has 1 aromatic carbocycles. The molecule has 5 rings (SSSR count). The first-order valence-electron chi connectivity index (χ1n) is 10.8. The van der Waals surface area contributed by atoms with Crippen molar-refractivity contribution in [1.29, 1.82) is 0 Å². The van der Waals surface area contributed by atoms with Crippen LogP contribution >= 0.6 is 0 Å². The molecule has 4 aliphatic rings. The number of sulfonamides is 1. The summed E-state index contributed by atoms with van der Waals surface area (Å²) in [6.07, 6.45) is 7.99. The Hall–Kier alpha value is -1.80. The molecule has 7 nitrogen and oxygen atoms in total. The topological polar surface area (TPSA) is 93.7 Å². The van der Waals surface area contributed by atoms with Crippen LogP contribution in [-0.2, 0) is 14.8 Å². The van der Waals surface area contributed by atoms with Gasteiger partial charge in [0.25, 0.3) is 0 Å². The monoisotopic (exact) mass is 436 g/mol. The molecule has 1 aromatic rings. The molecule has 8 heteroatoms. The summed E-state index contributed by atoms with van der Waals surface area (Å²) >= 11 is 0. The average Bonchev–Trinajstić information content (AvgIpc) is 2.70. The second-order valence-corrected chi connectivity index (χ2v) is 11.1. The smallest absolute Gasteiger partial charge is 0.240 e. The van der Waals surface area contributed by atoms with Gasteiger partial charge in [0.15, 0.2) is 11.5 Å². The Balaban J connectivity index is 1.26. The van der Waals surface area contributed by atoms with E-state index >= 15 is 0 Å². The zero-order chi connectivity index (χ0) is 21.4. The van der Waals surface area contributed by atoms with Crippen LogP contribution in [-0.4, -0.2) is 41.6 Å². The van der Waals surface area contributed by atoms with Gasteiger partial charge in [-0.05, 0) is 73.8 Å². The van der Waals surface area contributed by atoms with E-state index in [9.17, 15) is 13.2 Å². The normalized spacial score (nSPS) is 29.6.